The molecule has 1 rings (SSSR count). The Kier molecular flexibility index (Phi) is 5.07. The molecule has 0 aliphatic rings. The van der Waals surface area contributed by atoms with E-state index in [1.807, 2.05) is 0 Å². The number of nitrogens with zero attached hydrogens (tertiary/aromatic N) is 3. The first kappa shape index (κ1) is 15.2. The summed E-state index contributed by atoms with van der Waals surface area (Å²) in [5, 5.41) is 8.79. The monoisotopic (exact) mass is 264 g/mol. The molecule has 6 heteroatoms. The van der Waals surface area contributed by atoms with Crippen LogP contribution < -0.4 is 11.2 Å². The lowest BCUT2D eigenvalue weighted by atomic mass is 10.2. The van der Waals surface area contributed by atoms with Crippen molar-refractivity contribution in [3.63, 3.8) is 0 Å². The highest BCUT2D eigenvalue weighted by Gasteiger charge is 2.13. The highest BCUT2D eigenvalue weighted by atomic mass is 16.2. The Labute approximate surface area is 112 Å². The molecule has 0 unspecified atom stereocenters. The highest BCUT2D eigenvalue weighted by molar-refractivity contribution is 5.21. The summed E-state index contributed by atoms with van der Waals surface area (Å²) >= 11 is 0. The molecule has 0 aromatic carbocycles. The summed E-state index contributed by atoms with van der Waals surface area (Å²) in [5.74, 6) is 0. The van der Waals surface area contributed by atoms with Gasteiger partial charge in [0.1, 0.15) is 11.6 Å². The van der Waals surface area contributed by atoms with Gasteiger partial charge in [0.2, 0.25) is 0 Å². The SMILES string of the molecule is CC(C)N(CCn1cc(C#N)c(=O)[nH]c1=O)C(C)C. The van der Waals surface area contributed by atoms with Gasteiger partial charge in [-0.2, -0.15) is 5.26 Å². The Hall–Kier alpha value is -1.87. The third kappa shape index (κ3) is 3.80. The molecule has 0 aliphatic carbocycles. The fourth-order valence-corrected chi connectivity index (χ4v) is 2.09. The van der Waals surface area contributed by atoms with Crippen LogP contribution in [0.25, 0.3) is 0 Å². The lowest BCUT2D eigenvalue weighted by Crippen LogP contribution is -2.41. The zero-order valence-electron chi connectivity index (χ0n) is 11.8. The number of aromatic amines is 1. The lowest BCUT2D eigenvalue weighted by Gasteiger charge is -2.30. The molecule has 0 saturated heterocycles. The maximum absolute atomic E-state index is 11.6. The van der Waals surface area contributed by atoms with Gasteiger partial charge in [-0.05, 0) is 27.7 Å². The molecular formula is C13H20N4O2. The molecule has 0 spiro atoms. The van der Waals surface area contributed by atoms with Crippen LogP contribution in [0, 0.1) is 11.3 Å². The van der Waals surface area contributed by atoms with Crippen LogP contribution in [-0.2, 0) is 6.54 Å². The van der Waals surface area contributed by atoms with Crippen molar-refractivity contribution >= 4 is 0 Å². The fourth-order valence-electron chi connectivity index (χ4n) is 2.09. The molecule has 1 heterocycles. The van der Waals surface area contributed by atoms with Gasteiger partial charge < -0.3 is 0 Å². The molecule has 1 N–H and O–H groups in total. The second-order valence-corrected chi connectivity index (χ2v) is 5.03. The van der Waals surface area contributed by atoms with E-state index in [4.69, 9.17) is 5.26 Å². The van der Waals surface area contributed by atoms with Crippen LogP contribution in [0.5, 0.6) is 0 Å². The van der Waals surface area contributed by atoms with E-state index in [0.29, 0.717) is 25.2 Å². The fraction of sp³-hybridized carbons (Fsp3) is 0.615. The zero-order valence-corrected chi connectivity index (χ0v) is 11.8. The first-order valence-electron chi connectivity index (χ1n) is 6.36. The van der Waals surface area contributed by atoms with Crippen molar-refractivity contribution < 1.29 is 0 Å². The smallest absolute Gasteiger partial charge is 0.298 e. The number of H-pyrrole nitrogens is 1. The molecule has 1 aromatic rings. The van der Waals surface area contributed by atoms with Gasteiger partial charge in [0, 0.05) is 31.4 Å². The van der Waals surface area contributed by atoms with E-state index in [-0.39, 0.29) is 5.56 Å². The van der Waals surface area contributed by atoms with Crippen LogP contribution in [0.3, 0.4) is 0 Å². The number of aromatic nitrogens is 2. The van der Waals surface area contributed by atoms with Crippen LogP contribution in [0.4, 0.5) is 0 Å². The van der Waals surface area contributed by atoms with Gasteiger partial charge >= 0.3 is 5.69 Å². The predicted octanol–water partition coefficient (Wildman–Crippen LogP) is 0.527. The van der Waals surface area contributed by atoms with E-state index in [2.05, 4.69) is 37.6 Å². The van der Waals surface area contributed by atoms with Crippen molar-refractivity contribution in [3.05, 3.63) is 32.6 Å². The molecule has 6 nitrogen and oxygen atoms in total. The van der Waals surface area contributed by atoms with Crippen LogP contribution in [0.15, 0.2) is 15.8 Å². The Morgan fingerprint density at radius 3 is 2.37 bits per heavy atom. The van der Waals surface area contributed by atoms with Gasteiger partial charge in [-0.15, -0.1) is 0 Å². The molecule has 0 atom stereocenters. The molecule has 0 saturated carbocycles. The summed E-state index contributed by atoms with van der Waals surface area (Å²) in [6.45, 7) is 9.51. The van der Waals surface area contributed by atoms with E-state index in [0.717, 1.165) is 0 Å². The third-order valence-corrected chi connectivity index (χ3v) is 3.06. The molecule has 0 fully saturated rings. The summed E-state index contributed by atoms with van der Waals surface area (Å²) in [7, 11) is 0. The zero-order chi connectivity index (χ0) is 14.6. The Morgan fingerprint density at radius 1 is 1.32 bits per heavy atom. The summed E-state index contributed by atoms with van der Waals surface area (Å²) in [6.07, 6.45) is 1.32. The van der Waals surface area contributed by atoms with Gasteiger partial charge in [-0.1, -0.05) is 0 Å². The van der Waals surface area contributed by atoms with Crippen molar-refractivity contribution in [1.29, 1.82) is 5.26 Å². The van der Waals surface area contributed by atoms with E-state index in [1.165, 1.54) is 10.8 Å². The average Bonchev–Trinajstić information content (AvgIpc) is 2.31. The van der Waals surface area contributed by atoms with E-state index in [1.54, 1.807) is 6.07 Å². The van der Waals surface area contributed by atoms with Gasteiger partial charge in [0.25, 0.3) is 5.56 Å². The van der Waals surface area contributed by atoms with Crippen molar-refractivity contribution in [2.75, 3.05) is 6.54 Å². The third-order valence-electron chi connectivity index (χ3n) is 3.06. The summed E-state index contributed by atoms with van der Waals surface area (Å²) in [4.78, 5) is 27.3. The number of nitriles is 1. The number of hydrogen-bond acceptors (Lipinski definition) is 4. The first-order chi connectivity index (χ1) is 8.86. The summed E-state index contributed by atoms with van der Waals surface area (Å²) < 4.78 is 1.37. The quantitative estimate of drug-likeness (QED) is 0.841. The first-order valence-corrected chi connectivity index (χ1v) is 6.36. The average molecular weight is 264 g/mol. The maximum Gasteiger partial charge on any atom is 0.328 e. The van der Waals surface area contributed by atoms with Gasteiger partial charge in [0.05, 0.1) is 0 Å². The maximum atomic E-state index is 11.6. The van der Waals surface area contributed by atoms with E-state index < -0.39 is 11.2 Å². The van der Waals surface area contributed by atoms with Crippen LogP contribution >= 0.6 is 0 Å². The van der Waals surface area contributed by atoms with Crippen molar-refractivity contribution in [3.8, 4) is 6.07 Å². The van der Waals surface area contributed by atoms with Crippen LogP contribution in [0.1, 0.15) is 33.3 Å². The summed E-state index contributed by atoms with van der Waals surface area (Å²) in [5.41, 5.74) is -1.15. The molecule has 0 bridgehead atoms. The number of rotatable bonds is 5. The van der Waals surface area contributed by atoms with Gasteiger partial charge in [-0.3, -0.25) is 19.2 Å². The van der Waals surface area contributed by atoms with Crippen LogP contribution in [-0.4, -0.2) is 33.1 Å². The minimum Gasteiger partial charge on any atom is -0.298 e. The molecule has 0 aliphatic heterocycles. The Bertz CT molecular complexity index is 570. The molecule has 19 heavy (non-hydrogen) atoms. The standard InChI is InChI=1S/C13H20N4O2/c1-9(2)17(10(3)4)6-5-16-8-11(7-14)12(18)15-13(16)19/h8-10H,5-6H2,1-4H3,(H,15,18,19). The second kappa shape index (κ2) is 6.34. The Balaban J connectivity index is 2.92. The van der Waals surface area contributed by atoms with E-state index in [9.17, 15) is 9.59 Å². The number of nitrogens with one attached hydrogen (secondary N) is 1. The Morgan fingerprint density at radius 2 is 1.89 bits per heavy atom. The predicted molar refractivity (Wildman–Crippen MR) is 73.0 cm³/mol. The number of hydrogen-bond donors (Lipinski definition) is 1. The van der Waals surface area contributed by atoms with Crippen molar-refractivity contribution in [1.82, 2.24) is 14.5 Å². The van der Waals surface area contributed by atoms with Crippen molar-refractivity contribution in [2.24, 2.45) is 0 Å². The van der Waals surface area contributed by atoms with E-state index >= 15 is 0 Å². The molecule has 1 aromatic heterocycles. The molecule has 104 valence electrons. The molecular weight excluding hydrogens is 244 g/mol. The lowest BCUT2D eigenvalue weighted by molar-refractivity contribution is 0.167. The van der Waals surface area contributed by atoms with Crippen LogP contribution in [0.2, 0.25) is 0 Å². The van der Waals surface area contributed by atoms with Gasteiger partial charge in [-0.25, -0.2) is 4.79 Å². The van der Waals surface area contributed by atoms with Gasteiger partial charge in [0.15, 0.2) is 0 Å². The minimum absolute atomic E-state index is 0.0414. The highest BCUT2D eigenvalue weighted by Crippen LogP contribution is 2.04. The topological polar surface area (TPSA) is 81.9 Å². The molecule has 0 amide bonds. The molecule has 0 radical (unpaired) electrons. The summed E-state index contributed by atoms with van der Waals surface area (Å²) in [6, 6.07) is 2.52. The minimum atomic E-state index is -0.631. The largest absolute Gasteiger partial charge is 0.328 e. The van der Waals surface area contributed by atoms with Crippen molar-refractivity contribution in [2.45, 2.75) is 46.3 Å². The second-order valence-electron chi connectivity index (χ2n) is 5.03. The normalized spacial score (nSPS) is 11.3.